The maximum atomic E-state index is 14.1. The number of aromatic hydroxyl groups is 1. The maximum Gasteiger partial charge on any atom is 0.270 e. The number of rotatable bonds is 5. The normalized spacial score (nSPS) is 25.2. The van der Waals surface area contributed by atoms with Gasteiger partial charge in [-0.2, -0.15) is 0 Å². The van der Waals surface area contributed by atoms with Crippen LogP contribution in [-0.2, 0) is 16.0 Å². The summed E-state index contributed by atoms with van der Waals surface area (Å²) in [5.74, 6) is -7.40. The zero-order valence-corrected chi connectivity index (χ0v) is 23.3. The molecular formula is C29H30N4O9. The Morgan fingerprint density at radius 2 is 1.79 bits per heavy atom. The van der Waals surface area contributed by atoms with Crippen LogP contribution in [0, 0.1) is 22.0 Å². The number of allylic oxidation sites excluding steroid dienone is 1. The van der Waals surface area contributed by atoms with E-state index in [1.807, 2.05) is 0 Å². The van der Waals surface area contributed by atoms with E-state index in [1.54, 1.807) is 45.2 Å². The third kappa shape index (κ3) is 3.88. The maximum absolute atomic E-state index is 14.1. The summed E-state index contributed by atoms with van der Waals surface area (Å²) in [4.78, 5) is 53.8. The largest absolute Gasteiger partial charge is 0.510 e. The first kappa shape index (κ1) is 28.8. The van der Waals surface area contributed by atoms with Gasteiger partial charge in [0.25, 0.3) is 11.6 Å². The van der Waals surface area contributed by atoms with E-state index in [4.69, 9.17) is 5.73 Å². The highest BCUT2D eigenvalue weighted by Crippen LogP contribution is 2.54. The lowest BCUT2D eigenvalue weighted by Gasteiger charge is -2.50. The van der Waals surface area contributed by atoms with Gasteiger partial charge in [0.05, 0.1) is 16.5 Å². The number of benzene rings is 2. The summed E-state index contributed by atoms with van der Waals surface area (Å²) in [6.45, 7) is 0. The number of aliphatic hydroxyl groups is 3. The molecule has 13 heteroatoms. The summed E-state index contributed by atoms with van der Waals surface area (Å²) in [7, 11) is 6.58. The minimum Gasteiger partial charge on any atom is -0.510 e. The first-order valence-corrected chi connectivity index (χ1v) is 13.1. The van der Waals surface area contributed by atoms with Crippen molar-refractivity contribution in [3.63, 3.8) is 0 Å². The Morgan fingerprint density at radius 1 is 1.12 bits per heavy atom. The van der Waals surface area contributed by atoms with Crippen LogP contribution in [0.25, 0.3) is 11.1 Å². The number of primary amides is 1. The summed E-state index contributed by atoms with van der Waals surface area (Å²) >= 11 is 0. The number of hydrogen-bond donors (Lipinski definition) is 5. The number of hydrogen-bond acceptors (Lipinski definition) is 11. The van der Waals surface area contributed by atoms with E-state index >= 15 is 0 Å². The second-order valence-corrected chi connectivity index (χ2v) is 11.3. The number of fused-ring (bicyclic) bond motifs is 3. The predicted octanol–water partition coefficient (Wildman–Crippen LogP) is 1.76. The van der Waals surface area contributed by atoms with Gasteiger partial charge in [0.15, 0.2) is 11.4 Å². The van der Waals surface area contributed by atoms with Crippen LogP contribution in [0.2, 0.25) is 0 Å². The Kier molecular flexibility index (Phi) is 6.62. The van der Waals surface area contributed by atoms with Gasteiger partial charge in [-0.3, -0.25) is 29.4 Å². The van der Waals surface area contributed by atoms with Crippen molar-refractivity contribution >= 4 is 28.8 Å². The summed E-state index contributed by atoms with van der Waals surface area (Å²) in [5, 5.41) is 57.0. The molecule has 2 aromatic carbocycles. The number of nitrogens with zero attached hydrogens (tertiary/aromatic N) is 3. The fourth-order valence-corrected chi connectivity index (χ4v) is 6.70. The fourth-order valence-electron chi connectivity index (χ4n) is 6.70. The highest BCUT2D eigenvalue weighted by atomic mass is 16.6. The molecule has 0 unspecified atom stereocenters. The second-order valence-electron chi connectivity index (χ2n) is 11.3. The molecule has 3 aliphatic rings. The van der Waals surface area contributed by atoms with Crippen molar-refractivity contribution in [2.24, 2.45) is 17.6 Å². The van der Waals surface area contributed by atoms with Gasteiger partial charge in [-0.25, -0.2) is 0 Å². The monoisotopic (exact) mass is 578 g/mol. The molecular weight excluding hydrogens is 548 g/mol. The van der Waals surface area contributed by atoms with Gasteiger partial charge in [0, 0.05) is 49.0 Å². The molecule has 0 bridgehead atoms. The number of nitro benzene ring substituents is 1. The number of nitro groups is 1. The molecule has 3 aliphatic carbocycles. The smallest absolute Gasteiger partial charge is 0.270 e. The highest BCUT2D eigenvalue weighted by Gasteiger charge is 2.63. The fraction of sp³-hybridized carbons (Fsp3) is 0.345. The highest BCUT2D eigenvalue weighted by molar-refractivity contribution is 6.25. The third-order valence-electron chi connectivity index (χ3n) is 8.55. The Morgan fingerprint density at radius 3 is 2.36 bits per heavy atom. The number of ketones is 2. The number of carbonyl (C=O) groups excluding carboxylic acids is 3. The summed E-state index contributed by atoms with van der Waals surface area (Å²) in [6.07, 6.45) is 0.0802. The van der Waals surface area contributed by atoms with Gasteiger partial charge in [0.2, 0.25) is 5.78 Å². The Balaban J connectivity index is 1.75. The number of phenolic OH excluding ortho intramolecular Hbond substituents is 1. The first-order chi connectivity index (χ1) is 19.6. The molecule has 4 atom stereocenters. The molecule has 13 nitrogen and oxygen atoms in total. The average molecular weight is 579 g/mol. The molecule has 0 radical (unpaired) electrons. The van der Waals surface area contributed by atoms with E-state index in [0.29, 0.717) is 11.3 Å². The standard InChI is InChI=1S/C29H30N4O9/c1-31(2)18-11-15(12-6-5-7-14(8-12)33(41)42)23(34)20-16(18)9-13-10-17-22(32(3)4)25(36)21(28(30)39)27(38)29(17,40)26(37)19(13)24(20)35/h5-8,11,13,17,22,34,36-37,40H,9-10H2,1-4H3,(H2,30,39)/t13-,17-,22-,29-/m0/s1. The van der Waals surface area contributed by atoms with Crippen molar-refractivity contribution < 1.29 is 39.7 Å². The lowest BCUT2D eigenvalue weighted by Crippen LogP contribution is -2.63. The molecule has 0 aromatic heterocycles. The number of likely N-dealkylation sites (N-methyl/N-ethyl adjacent to an activating group) is 1. The SMILES string of the molecule is CN(C)c1cc(-c2cccc([N+](=O)[O-])c2)c(O)c2c1C[C@H]1C[C@H]3[C@H](N(C)C)C(O)=C(C(N)=O)C(=O)[C@@]3(O)C(O)=C1C2=O. The minimum atomic E-state index is -2.75. The van der Waals surface area contributed by atoms with E-state index in [-0.39, 0.29) is 40.8 Å². The molecule has 0 saturated carbocycles. The van der Waals surface area contributed by atoms with Crippen molar-refractivity contribution in [3.8, 4) is 16.9 Å². The van der Waals surface area contributed by atoms with Crippen LogP contribution in [0.1, 0.15) is 22.3 Å². The molecule has 5 rings (SSSR count). The molecule has 0 heterocycles. The number of carbonyl (C=O) groups is 3. The number of anilines is 1. The molecule has 0 aliphatic heterocycles. The molecule has 0 saturated heterocycles. The molecule has 0 fully saturated rings. The summed E-state index contributed by atoms with van der Waals surface area (Å²) < 4.78 is 0. The van der Waals surface area contributed by atoms with E-state index < -0.39 is 68.7 Å². The van der Waals surface area contributed by atoms with Crippen LogP contribution in [0.4, 0.5) is 11.4 Å². The Labute approximate surface area is 239 Å². The molecule has 1 amide bonds. The van der Waals surface area contributed by atoms with Crippen LogP contribution in [-0.4, -0.2) is 87.6 Å². The number of nitrogens with two attached hydrogens (primary N) is 1. The van der Waals surface area contributed by atoms with Crippen LogP contribution in [0.15, 0.2) is 53.0 Å². The van der Waals surface area contributed by atoms with Crippen molar-refractivity contribution in [2.75, 3.05) is 33.1 Å². The molecule has 6 N–H and O–H groups in total. The van der Waals surface area contributed by atoms with Crippen LogP contribution >= 0.6 is 0 Å². The zero-order chi connectivity index (χ0) is 31.0. The molecule has 0 spiro atoms. The number of non-ortho nitro benzene ring substituents is 1. The van der Waals surface area contributed by atoms with Crippen molar-refractivity contribution in [1.29, 1.82) is 0 Å². The van der Waals surface area contributed by atoms with Gasteiger partial charge in [-0.1, -0.05) is 12.1 Å². The van der Waals surface area contributed by atoms with E-state index in [9.17, 15) is 44.9 Å². The topological polar surface area (TPSA) is 208 Å². The van der Waals surface area contributed by atoms with Crippen LogP contribution in [0.5, 0.6) is 5.75 Å². The molecule has 220 valence electrons. The van der Waals surface area contributed by atoms with Crippen molar-refractivity contribution in [1.82, 2.24) is 4.90 Å². The Bertz CT molecular complexity index is 1660. The number of Topliss-reactive ketones (excluding diaryl/α,β-unsaturated/α-hetero) is 2. The lowest BCUT2D eigenvalue weighted by atomic mass is 9.58. The van der Waals surface area contributed by atoms with Crippen molar-refractivity contribution in [2.45, 2.75) is 24.5 Å². The summed E-state index contributed by atoms with van der Waals surface area (Å²) in [6, 6.07) is 6.06. The number of amides is 1. The molecule has 42 heavy (non-hydrogen) atoms. The van der Waals surface area contributed by atoms with Crippen molar-refractivity contribution in [3.05, 3.63) is 74.2 Å². The zero-order valence-electron chi connectivity index (χ0n) is 23.3. The van der Waals surface area contributed by atoms with Gasteiger partial charge < -0.3 is 31.1 Å². The van der Waals surface area contributed by atoms with Crippen LogP contribution < -0.4 is 10.6 Å². The average Bonchev–Trinajstić information content (AvgIpc) is 2.90. The predicted molar refractivity (Wildman–Crippen MR) is 150 cm³/mol. The Hall–Kier alpha value is -4.75. The van der Waals surface area contributed by atoms with Gasteiger partial charge in [-0.15, -0.1) is 0 Å². The summed E-state index contributed by atoms with van der Waals surface area (Å²) in [5.41, 5.74) is 2.45. The first-order valence-electron chi connectivity index (χ1n) is 13.1. The quantitative estimate of drug-likeness (QED) is 0.196. The number of aliphatic hydroxyl groups excluding tert-OH is 2. The van der Waals surface area contributed by atoms with Crippen LogP contribution in [0.3, 0.4) is 0 Å². The van der Waals surface area contributed by atoms with E-state index in [0.717, 1.165) is 0 Å². The lowest BCUT2D eigenvalue weighted by molar-refractivity contribution is -0.384. The van der Waals surface area contributed by atoms with E-state index in [2.05, 4.69) is 0 Å². The van der Waals surface area contributed by atoms with Gasteiger partial charge >= 0.3 is 0 Å². The van der Waals surface area contributed by atoms with Gasteiger partial charge in [-0.05, 0) is 50.0 Å². The third-order valence-corrected chi connectivity index (χ3v) is 8.55. The van der Waals surface area contributed by atoms with Gasteiger partial charge in [0.1, 0.15) is 22.8 Å². The molecule has 2 aromatic rings. The number of phenols is 1. The second kappa shape index (κ2) is 9.67. The van der Waals surface area contributed by atoms with E-state index in [1.165, 1.54) is 23.1 Å². The minimum absolute atomic E-state index is 0.0357.